The van der Waals surface area contributed by atoms with Gasteiger partial charge >= 0.3 is 0 Å². The zero-order valence-electron chi connectivity index (χ0n) is 11.8. The number of nitrogens with one attached hydrogen (secondary N) is 1. The fraction of sp³-hybridized carbons (Fsp3) is 0.571. The molecule has 0 radical (unpaired) electrons. The fourth-order valence-corrected chi connectivity index (χ4v) is 2.55. The van der Waals surface area contributed by atoms with Gasteiger partial charge in [-0.2, -0.15) is 0 Å². The molecule has 1 heterocycles. The van der Waals surface area contributed by atoms with E-state index in [-0.39, 0.29) is 12.4 Å². The standard InChI is InChI=1S/C14H22N2O3S/c1-20(17,18)12-11-19-14-5-3-13(4-6-14)16-9-2-7-15-8-10-16/h3-6,15H,2,7-12H2,1H3. The third-order valence-corrected chi connectivity index (χ3v) is 4.17. The van der Waals surface area contributed by atoms with Gasteiger partial charge in [0.2, 0.25) is 0 Å². The molecule has 0 amide bonds. The Labute approximate surface area is 120 Å². The minimum absolute atomic E-state index is 0.0482. The lowest BCUT2D eigenvalue weighted by Gasteiger charge is -2.22. The molecule has 2 rings (SSSR count). The second-order valence-corrected chi connectivity index (χ2v) is 7.32. The number of sulfone groups is 1. The van der Waals surface area contributed by atoms with Crippen LogP contribution in [0.4, 0.5) is 5.69 Å². The molecule has 0 saturated carbocycles. The van der Waals surface area contributed by atoms with Crippen LogP contribution >= 0.6 is 0 Å². The molecule has 20 heavy (non-hydrogen) atoms. The summed E-state index contributed by atoms with van der Waals surface area (Å²) in [5.41, 5.74) is 1.18. The molecule has 1 aromatic rings. The Balaban J connectivity index is 1.88. The highest BCUT2D eigenvalue weighted by Gasteiger charge is 2.09. The number of ether oxygens (including phenoxy) is 1. The Bertz CT molecular complexity index is 506. The van der Waals surface area contributed by atoms with Crippen molar-refractivity contribution in [2.45, 2.75) is 6.42 Å². The normalized spacial score (nSPS) is 16.8. The van der Waals surface area contributed by atoms with Crippen molar-refractivity contribution >= 4 is 15.5 Å². The second kappa shape index (κ2) is 6.95. The summed E-state index contributed by atoms with van der Waals surface area (Å²) >= 11 is 0. The number of nitrogens with zero attached hydrogens (tertiary/aromatic N) is 1. The summed E-state index contributed by atoms with van der Waals surface area (Å²) in [7, 11) is -2.96. The van der Waals surface area contributed by atoms with E-state index in [9.17, 15) is 8.42 Å². The second-order valence-electron chi connectivity index (χ2n) is 5.06. The molecule has 0 unspecified atom stereocenters. The Kier molecular flexibility index (Phi) is 5.25. The van der Waals surface area contributed by atoms with Crippen molar-refractivity contribution in [2.24, 2.45) is 0 Å². The largest absolute Gasteiger partial charge is 0.493 e. The van der Waals surface area contributed by atoms with Crippen molar-refractivity contribution in [3.05, 3.63) is 24.3 Å². The van der Waals surface area contributed by atoms with Crippen LogP contribution in [-0.2, 0) is 9.84 Å². The maximum Gasteiger partial charge on any atom is 0.150 e. The van der Waals surface area contributed by atoms with E-state index in [4.69, 9.17) is 4.74 Å². The maximum atomic E-state index is 11.0. The van der Waals surface area contributed by atoms with Gasteiger partial charge in [0, 0.05) is 31.6 Å². The molecule has 6 heteroatoms. The third kappa shape index (κ3) is 5.02. The first-order chi connectivity index (χ1) is 9.54. The SMILES string of the molecule is CS(=O)(=O)CCOc1ccc(N2CCCNCC2)cc1. The number of anilines is 1. The first-order valence-electron chi connectivity index (χ1n) is 6.91. The Morgan fingerprint density at radius 3 is 2.65 bits per heavy atom. The van der Waals surface area contributed by atoms with E-state index in [0.717, 1.165) is 32.6 Å². The number of hydrogen-bond donors (Lipinski definition) is 1. The van der Waals surface area contributed by atoms with Crippen molar-refractivity contribution in [2.75, 3.05) is 49.7 Å². The average Bonchev–Trinajstić information content (AvgIpc) is 2.67. The van der Waals surface area contributed by atoms with Crippen molar-refractivity contribution in [1.82, 2.24) is 5.32 Å². The minimum atomic E-state index is -2.96. The molecule has 0 spiro atoms. The molecule has 112 valence electrons. The van der Waals surface area contributed by atoms with Gasteiger partial charge in [-0.15, -0.1) is 0 Å². The number of hydrogen-bond acceptors (Lipinski definition) is 5. The Morgan fingerprint density at radius 1 is 1.20 bits per heavy atom. The highest BCUT2D eigenvalue weighted by atomic mass is 32.2. The summed E-state index contributed by atoms with van der Waals surface area (Å²) in [6.07, 6.45) is 2.36. The van der Waals surface area contributed by atoms with Crippen molar-refractivity contribution in [3.8, 4) is 5.75 Å². The summed E-state index contributed by atoms with van der Waals surface area (Å²) < 4.78 is 27.5. The highest BCUT2D eigenvalue weighted by molar-refractivity contribution is 7.90. The fourth-order valence-electron chi connectivity index (χ4n) is 2.17. The number of benzene rings is 1. The molecule has 1 aromatic carbocycles. The van der Waals surface area contributed by atoms with E-state index < -0.39 is 9.84 Å². The van der Waals surface area contributed by atoms with E-state index in [1.807, 2.05) is 24.3 Å². The number of rotatable bonds is 5. The van der Waals surface area contributed by atoms with E-state index in [1.54, 1.807) is 0 Å². The lowest BCUT2D eigenvalue weighted by Crippen LogP contribution is -2.27. The Morgan fingerprint density at radius 2 is 1.95 bits per heavy atom. The van der Waals surface area contributed by atoms with Crippen LogP contribution in [0, 0.1) is 0 Å². The molecule has 1 aliphatic heterocycles. The van der Waals surface area contributed by atoms with Gasteiger partial charge in [0.15, 0.2) is 9.84 Å². The minimum Gasteiger partial charge on any atom is -0.493 e. The zero-order valence-corrected chi connectivity index (χ0v) is 12.7. The van der Waals surface area contributed by atoms with Crippen molar-refractivity contribution in [3.63, 3.8) is 0 Å². The molecule has 0 bridgehead atoms. The smallest absolute Gasteiger partial charge is 0.150 e. The molecule has 1 fully saturated rings. The van der Waals surface area contributed by atoms with Crippen LogP contribution < -0.4 is 15.0 Å². The monoisotopic (exact) mass is 298 g/mol. The molecular formula is C14H22N2O3S. The van der Waals surface area contributed by atoms with Gasteiger partial charge in [0.1, 0.15) is 12.4 Å². The Hall–Kier alpha value is -1.27. The van der Waals surface area contributed by atoms with Gasteiger partial charge in [-0.05, 0) is 37.2 Å². The molecule has 1 saturated heterocycles. The van der Waals surface area contributed by atoms with Crippen molar-refractivity contribution < 1.29 is 13.2 Å². The molecule has 5 nitrogen and oxygen atoms in total. The van der Waals surface area contributed by atoms with Gasteiger partial charge in [-0.25, -0.2) is 8.42 Å². The van der Waals surface area contributed by atoms with Crippen LogP contribution in [0.1, 0.15) is 6.42 Å². The summed E-state index contributed by atoms with van der Waals surface area (Å²) in [5.74, 6) is 0.761. The maximum absolute atomic E-state index is 11.0. The average molecular weight is 298 g/mol. The topological polar surface area (TPSA) is 58.6 Å². The van der Waals surface area contributed by atoms with Gasteiger partial charge in [-0.3, -0.25) is 0 Å². The van der Waals surface area contributed by atoms with Crippen LogP contribution in [0.5, 0.6) is 5.75 Å². The van der Waals surface area contributed by atoms with E-state index in [1.165, 1.54) is 11.9 Å². The summed E-state index contributed by atoms with van der Waals surface area (Å²) in [6.45, 7) is 4.34. The predicted molar refractivity (Wildman–Crippen MR) is 81.3 cm³/mol. The lowest BCUT2D eigenvalue weighted by molar-refractivity contribution is 0.341. The summed E-state index contributed by atoms with van der Waals surface area (Å²) in [6, 6.07) is 7.86. The summed E-state index contributed by atoms with van der Waals surface area (Å²) in [5, 5.41) is 3.38. The van der Waals surface area contributed by atoms with Crippen LogP contribution in [-0.4, -0.2) is 53.2 Å². The molecule has 1 N–H and O–H groups in total. The first kappa shape index (κ1) is 15.1. The van der Waals surface area contributed by atoms with Crippen molar-refractivity contribution in [1.29, 1.82) is 0 Å². The van der Waals surface area contributed by atoms with Gasteiger partial charge in [-0.1, -0.05) is 0 Å². The van der Waals surface area contributed by atoms with Crippen LogP contribution in [0.25, 0.3) is 0 Å². The van der Waals surface area contributed by atoms with Crippen LogP contribution in [0.3, 0.4) is 0 Å². The highest BCUT2D eigenvalue weighted by Crippen LogP contribution is 2.20. The third-order valence-electron chi connectivity index (χ3n) is 3.26. The molecule has 1 aliphatic rings. The lowest BCUT2D eigenvalue weighted by atomic mass is 10.2. The molecule has 0 atom stereocenters. The summed E-state index contributed by atoms with van der Waals surface area (Å²) in [4.78, 5) is 2.35. The van der Waals surface area contributed by atoms with Crippen LogP contribution in [0.2, 0.25) is 0 Å². The van der Waals surface area contributed by atoms with Gasteiger partial charge in [0.05, 0.1) is 5.75 Å². The first-order valence-corrected chi connectivity index (χ1v) is 8.97. The predicted octanol–water partition coefficient (Wildman–Crippen LogP) is 0.910. The molecule has 0 aromatic heterocycles. The quantitative estimate of drug-likeness (QED) is 0.875. The van der Waals surface area contributed by atoms with E-state index >= 15 is 0 Å². The van der Waals surface area contributed by atoms with Gasteiger partial charge in [0.25, 0.3) is 0 Å². The zero-order chi connectivity index (χ0) is 14.4. The van der Waals surface area contributed by atoms with E-state index in [0.29, 0.717) is 5.75 Å². The van der Waals surface area contributed by atoms with Gasteiger partial charge < -0.3 is 15.0 Å². The van der Waals surface area contributed by atoms with Crippen LogP contribution in [0.15, 0.2) is 24.3 Å². The molecular weight excluding hydrogens is 276 g/mol. The molecule has 0 aliphatic carbocycles. The van der Waals surface area contributed by atoms with E-state index in [2.05, 4.69) is 10.2 Å².